The predicted octanol–water partition coefficient (Wildman–Crippen LogP) is 2.90. The van der Waals surface area contributed by atoms with Crippen molar-refractivity contribution in [3.05, 3.63) is 36.5 Å². The van der Waals surface area contributed by atoms with Crippen molar-refractivity contribution in [1.82, 2.24) is 4.98 Å². The molecule has 0 spiro atoms. The summed E-state index contributed by atoms with van der Waals surface area (Å²) in [6.45, 7) is 0. The van der Waals surface area contributed by atoms with Gasteiger partial charge in [0.15, 0.2) is 0 Å². The molecule has 0 bridgehead atoms. The maximum absolute atomic E-state index is 11.0. The van der Waals surface area contributed by atoms with Crippen molar-refractivity contribution in [2.24, 2.45) is 5.92 Å². The van der Waals surface area contributed by atoms with Crippen LogP contribution in [0.15, 0.2) is 36.5 Å². The van der Waals surface area contributed by atoms with E-state index in [-0.39, 0.29) is 12.0 Å². The number of aliphatic carboxylic acids is 1. The molecule has 0 radical (unpaired) electrons. The lowest BCUT2D eigenvalue weighted by Crippen LogP contribution is -2.18. The van der Waals surface area contributed by atoms with Gasteiger partial charge in [0.25, 0.3) is 0 Å². The lowest BCUT2D eigenvalue weighted by atomic mass is 10.1. The van der Waals surface area contributed by atoms with Crippen LogP contribution in [0, 0.1) is 5.92 Å². The quantitative estimate of drug-likeness (QED) is 0.886. The number of carbonyl (C=O) groups is 1. The fourth-order valence-corrected chi connectivity index (χ4v) is 2.76. The van der Waals surface area contributed by atoms with Gasteiger partial charge in [-0.1, -0.05) is 24.3 Å². The highest BCUT2D eigenvalue weighted by Gasteiger charge is 2.29. The molecule has 1 aromatic carbocycles. The van der Waals surface area contributed by atoms with Crippen LogP contribution in [0.2, 0.25) is 0 Å². The minimum Gasteiger partial charge on any atom is -0.481 e. The smallest absolute Gasteiger partial charge is 0.306 e. The first-order valence-electron chi connectivity index (χ1n) is 6.57. The van der Waals surface area contributed by atoms with Crippen molar-refractivity contribution in [3.63, 3.8) is 0 Å². The Bertz CT molecular complexity index is 607. The first kappa shape index (κ1) is 12.0. The van der Waals surface area contributed by atoms with E-state index in [1.165, 1.54) is 0 Å². The number of carboxylic acid groups (broad SMARTS) is 1. The molecule has 4 nitrogen and oxygen atoms in total. The highest BCUT2D eigenvalue weighted by Crippen LogP contribution is 2.29. The second-order valence-corrected chi connectivity index (χ2v) is 5.07. The number of hydrogen-bond donors (Lipinski definition) is 2. The maximum atomic E-state index is 11.0. The van der Waals surface area contributed by atoms with E-state index in [9.17, 15) is 4.79 Å². The van der Waals surface area contributed by atoms with E-state index in [1.807, 2.05) is 24.3 Å². The van der Waals surface area contributed by atoms with Crippen LogP contribution in [0.4, 0.5) is 5.82 Å². The van der Waals surface area contributed by atoms with Gasteiger partial charge in [-0.25, -0.2) is 4.98 Å². The molecule has 2 N–H and O–H groups in total. The maximum Gasteiger partial charge on any atom is 0.306 e. The first-order chi connectivity index (χ1) is 9.24. The van der Waals surface area contributed by atoms with E-state index in [0.29, 0.717) is 6.42 Å². The summed E-state index contributed by atoms with van der Waals surface area (Å²) >= 11 is 0. The fraction of sp³-hybridized carbons (Fsp3) is 0.333. The van der Waals surface area contributed by atoms with Gasteiger partial charge in [-0.15, -0.1) is 0 Å². The molecule has 4 heteroatoms. The third-order valence-corrected chi connectivity index (χ3v) is 3.80. The first-order valence-corrected chi connectivity index (χ1v) is 6.57. The number of anilines is 1. The van der Waals surface area contributed by atoms with Crippen LogP contribution in [0.5, 0.6) is 0 Å². The summed E-state index contributed by atoms with van der Waals surface area (Å²) in [4.78, 5) is 15.4. The monoisotopic (exact) mass is 256 g/mol. The molecule has 3 rings (SSSR count). The third kappa shape index (κ3) is 2.38. The molecular weight excluding hydrogens is 240 g/mol. The van der Waals surface area contributed by atoms with E-state index in [2.05, 4.69) is 16.4 Å². The Balaban J connectivity index is 1.81. The zero-order valence-electron chi connectivity index (χ0n) is 10.5. The van der Waals surface area contributed by atoms with E-state index >= 15 is 0 Å². The Morgan fingerprint density at radius 2 is 2.11 bits per heavy atom. The number of rotatable bonds is 3. The van der Waals surface area contributed by atoms with Gasteiger partial charge in [-0.2, -0.15) is 0 Å². The summed E-state index contributed by atoms with van der Waals surface area (Å²) in [5, 5.41) is 14.7. The highest BCUT2D eigenvalue weighted by atomic mass is 16.4. The second-order valence-electron chi connectivity index (χ2n) is 5.07. The Morgan fingerprint density at radius 3 is 2.89 bits per heavy atom. The van der Waals surface area contributed by atoms with Crippen molar-refractivity contribution in [2.75, 3.05) is 5.32 Å². The molecule has 1 aromatic heterocycles. The van der Waals surface area contributed by atoms with Gasteiger partial charge in [-0.05, 0) is 30.7 Å². The Kier molecular flexibility index (Phi) is 3.07. The summed E-state index contributed by atoms with van der Waals surface area (Å²) < 4.78 is 0. The Morgan fingerprint density at radius 1 is 1.26 bits per heavy atom. The number of pyridine rings is 1. The largest absolute Gasteiger partial charge is 0.481 e. The number of nitrogens with one attached hydrogen (secondary N) is 1. The zero-order valence-corrected chi connectivity index (χ0v) is 10.5. The van der Waals surface area contributed by atoms with Crippen LogP contribution in [0.3, 0.4) is 0 Å². The molecule has 1 saturated carbocycles. The molecule has 1 aliphatic carbocycles. The molecule has 2 atom stereocenters. The summed E-state index contributed by atoms with van der Waals surface area (Å²) in [5.41, 5.74) is 0. The molecule has 1 aliphatic rings. The van der Waals surface area contributed by atoms with Gasteiger partial charge in [0.05, 0.1) is 5.92 Å². The van der Waals surface area contributed by atoms with Gasteiger partial charge in [0.2, 0.25) is 0 Å². The molecule has 0 aliphatic heterocycles. The second kappa shape index (κ2) is 4.88. The van der Waals surface area contributed by atoms with Gasteiger partial charge < -0.3 is 10.4 Å². The normalized spacial score (nSPS) is 22.5. The number of hydrogen-bond acceptors (Lipinski definition) is 3. The molecule has 19 heavy (non-hydrogen) atoms. The van der Waals surface area contributed by atoms with Crippen LogP contribution < -0.4 is 5.32 Å². The average Bonchev–Trinajstić information content (AvgIpc) is 2.88. The summed E-state index contributed by atoms with van der Waals surface area (Å²) in [7, 11) is 0. The van der Waals surface area contributed by atoms with Gasteiger partial charge in [0.1, 0.15) is 5.82 Å². The van der Waals surface area contributed by atoms with Gasteiger partial charge >= 0.3 is 5.97 Å². The lowest BCUT2D eigenvalue weighted by molar-refractivity contribution is -0.141. The molecule has 2 aromatic rings. The molecular formula is C15H16N2O2. The number of benzene rings is 1. The van der Waals surface area contributed by atoms with Crippen LogP contribution in [0.1, 0.15) is 19.3 Å². The number of aromatic nitrogens is 1. The van der Waals surface area contributed by atoms with Crippen molar-refractivity contribution in [3.8, 4) is 0 Å². The van der Waals surface area contributed by atoms with Crippen molar-refractivity contribution in [2.45, 2.75) is 25.3 Å². The Hall–Kier alpha value is -2.10. The van der Waals surface area contributed by atoms with Gasteiger partial charge in [0, 0.05) is 17.6 Å². The van der Waals surface area contributed by atoms with Crippen LogP contribution in [-0.2, 0) is 4.79 Å². The molecule has 1 heterocycles. The van der Waals surface area contributed by atoms with E-state index in [1.54, 1.807) is 6.20 Å². The molecule has 1 fully saturated rings. The molecule has 0 amide bonds. The standard InChI is InChI=1S/C15H16N2O2/c18-15(19)11-5-6-12(9-11)17-14-13-4-2-1-3-10(13)7-8-16-14/h1-4,7-8,11-12H,5-6,9H2,(H,16,17)(H,18,19)/t11-,12+/m1/s1. The minimum atomic E-state index is -0.685. The fourth-order valence-electron chi connectivity index (χ4n) is 2.76. The van der Waals surface area contributed by atoms with Crippen molar-refractivity contribution < 1.29 is 9.90 Å². The summed E-state index contributed by atoms with van der Waals surface area (Å²) in [5.74, 6) is -0.0446. The number of carboxylic acids is 1. The van der Waals surface area contributed by atoms with E-state index in [0.717, 1.165) is 29.4 Å². The Labute approximate surface area is 111 Å². The summed E-state index contributed by atoms with van der Waals surface area (Å²) in [6.07, 6.45) is 4.11. The van der Waals surface area contributed by atoms with Crippen LogP contribution >= 0.6 is 0 Å². The van der Waals surface area contributed by atoms with E-state index < -0.39 is 5.97 Å². The van der Waals surface area contributed by atoms with Crippen molar-refractivity contribution in [1.29, 1.82) is 0 Å². The average molecular weight is 256 g/mol. The highest BCUT2D eigenvalue weighted by molar-refractivity contribution is 5.91. The van der Waals surface area contributed by atoms with E-state index in [4.69, 9.17) is 5.11 Å². The molecule has 98 valence electrons. The number of fused-ring (bicyclic) bond motifs is 1. The molecule has 0 saturated heterocycles. The topological polar surface area (TPSA) is 62.2 Å². The SMILES string of the molecule is O=C(O)[C@@H]1CC[C@H](Nc2nccc3ccccc23)C1. The van der Waals surface area contributed by atoms with Gasteiger partial charge in [-0.3, -0.25) is 4.79 Å². The minimum absolute atomic E-state index is 0.208. The van der Waals surface area contributed by atoms with Crippen LogP contribution in [0.25, 0.3) is 10.8 Å². The molecule has 0 unspecified atom stereocenters. The predicted molar refractivity (Wildman–Crippen MR) is 74.1 cm³/mol. The van der Waals surface area contributed by atoms with Crippen molar-refractivity contribution >= 4 is 22.6 Å². The zero-order chi connectivity index (χ0) is 13.2. The lowest BCUT2D eigenvalue weighted by Gasteiger charge is -2.14. The summed E-state index contributed by atoms with van der Waals surface area (Å²) in [6, 6.07) is 10.3. The number of nitrogens with zero attached hydrogens (tertiary/aromatic N) is 1. The third-order valence-electron chi connectivity index (χ3n) is 3.80. The van der Waals surface area contributed by atoms with Crippen LogP contribution in [-0.4, -0.2) is 22.1 Å².